The van der Waals surface area contributed by atoms with Crippen molar-refractivity contribution in [2.24, 2.45) is 5.73 Å². The van der Waals surface area contributed by atoms with Crippen LogP contribution >= 0.6 is 0 Å². The number of rotatable bonds is 6. The number of nitrogens with zero attached hydrogens (tertiary/aromatic N) is 3. The number of nitrogens with one attached hydrogen (secondary N) is 1. The Morgan fingerprint density at radius 3 is 3.11 bits per heavy atom. The lowest BCUT2D eigenvalue weighted by molar-refractivity contribution is 0.0949. The van der Waals surface area contributed by atoms with Gasteiger partial charge in [0.05, 0.1) is 6.33 Å². The maximum Gasteiger partial charge on any atom is 0.271 e. The largest absolute Gasteiger partial charge is 0.350 e. The van der Waals surface area contributed by atoms with E-state index in [9.17, 15) is 4.79 Å². The van der Waals surface area contributed by atoms with E-state index in [1.165, 1.54) is 0 Å². The van der Waals surface area contributed by atoms with Crippen molar-refractivity contribution >= 4 is 5.91 Å². The molecule has 0 bridgehead atoms. The smallest absolute Gasteiger partial charge is 0.271 e. The van der Waals surface area contributed by atoms with Gasteiger partial charge in [-0.15, -0.1) is 0 Å². The van der Waals surface area contributed by atoms with Gasteiger partial charge in [0.1, 0.15) is 5.69 Å². The van der Waals surface area contributed by atoms with E-state index in [-0.39, 0.29) is 5.91 Å². The maximum atomic E-state index is 11.8. The summed E-state index contributed by atoms with van der Waals surface area (Å²) in [5.41, 5.74) is 6.95. The number of carbonyl (C=O) groups is 1. The maximum absolute atomic E-state index is 11.8. The van der Waals surface area contributed by atoms with Crippen molar-refractivity contribution in [3.05, 3.63) is 48.3 Å². The van der Waals surface area contributed by atoms with Crippen LogP contribution in [0.3, 0.4) is 0 Å². The molecule has 0 aliphatic rings. The Labute approximate surface area is 111 Å². The molecule has 2 rings (SSSR count). The highest BCUT2D eigenvalue weighted by molar-refractivity contribution is 5.91. The van der Waals surface area contributed by atoms with Crippen LogP contribution < -0.4 is 11.1 Å². The number of amides is 1. The molecule has 0 radical (unpaired) electrons. The van der Waals surface area contributed by atoms with E-state index < -0.39 is 0 Å². The van der Waals surface area contributed by atoms with Crippen LogP contribution in [0.5, 0.6) is 0 Å². The zero-order valence-corrected chi connectivity index (χ0v) is 10.6. The zero-order valence-electron chi connectivity index (χ0n) is 10.6. The quantitative estimate of drug-likeness (QED) is 0.776. The molecule has 0 spiro atoms. The van der Waals surface area contributed by atoms with Gasteiger partial charge in [0.15, 0.2) is 0 Å². The summed E-state index contributed by atoms with van der Waals surface area (Å²) in [6, 6.07) is 3.86. The molecular formula is C13H17N5O. The number of hydrogen-bond donors (Lipinski definition) is 2. The molecule has 0 aliphatic heterocycles. The molecule has 0 saturated carbocycles. The highest BCUT2D eigenvalue weighted by Gasteiger charge is 2.08. The minimum Gasteiger partial charge on any atom is -0.350 e. The fourth-order valence-corrected chi connectivity index (χ4v) is 1.71. The first-order chi connectivity index (χ1) is 9.29. The third-order valence-corrected chi connectivity index (χ3v) is 2.68. The number of hydrogen-bond acceptors (Lipinski definition) is 4. The van der Waals surface area contributed by atoms with Crippen LogP contribution in [-0.4, -0.2) is 33.5 Å². The van der Waals surface area contributed by atoms with Crippen LogP contribution in [0.2, 0.25) is 0 Å². The Morgan fingerprint density at radius 1 is 1.47 bits per heavy atom. The standard InChI is InChI=1S/C13H17N5O/c14-4-7-18-9-12(17-10-18)13(19)16-6-3-11-2-1-5-15-8-11/h1-2,5,8-10H,3-4,6-7,14H2,(H,16,19). The van der Waals surface area contributed by atoms with Gasteiger partial charge in [0.25, 0.3) is 5.91 Å². The van der Waals surface area contributed by atoms with Gasteiger partial charge in [-0.05, 0) is 18.1 Å². The first-order valence-corrected chi connectivity index (χ1v) is 6.18. The van der Waals surface area contributed by atoms with Crippen LogP contribution in [-0.2, 0) is 13.0 Å². The SMILES string of the molecule is NCCn1cnc(C(=O)NCCc2cccnc2)c1. The van der Waals surface area contributed by atoms with E-state index in [0.717, 1.165) is 12.0 Å². The zero-order chi connectivity index (χ0) is 13.5. The van der Waals surface area contributed by atoms with Crippen molar-refractivity contribution in [1.82, 2.24) is 19.9 Å². The molecule has 1 amide bonds. The number of carbonyl (C=O) groups excluding carboxylic acids is 1. The van der Waals surface area contributed by atoms with Crippen molar-refractivity contribution in [2.75, 3.05) is 13.1 Å². The van der Waals surface area contributed by atoms with Gasteiger partial charge < -0.3 is 15.6 Å². The average molecular weight is 259 g/mol. The summed E-state index contributed by atoms with van der Waals surface area (Å²) < 4.78 is 1.80. The molecule has 0 fully saturated rings. The molecule has 6 nitrogen and oxygen atoms in total. The summed E-state index contributed by atoms with van der Waals surface area (Å²) in [6.45, 7) is 1.75. The Morgan fingerprint density at radius 2 is 2.37 bits per heavy atom. The van der Waals surface area contributed by atoms with Crippen molar-refractivity contribution in [2.45, 2.75) is 13.0 Å². The summed E-state index contributed by atoms with van der Waals surface area (Å²) in [5.74, 6) is -0.167. The Balaban J connectivity index is 1.80. The fraction of sp³-hybridized carbons (Fsp3) is 0.308. The van der Waals surface area contributed by atoms with Crippen molar-refractivity contribution in [3.63, 3.8) is 0 Å². The second kappa shape index (κ2) is 6.65. The molecular weight excluding hydrogens is 242 g/mol. The third kappa shape index (κ3) is 3.89. The first-order valence-electron chi connectivity index (χ1n) is 6.18. The Bertz CT molecular complexity index is 523. The van der Waals surface area contributed by atoms with Gasteiger partial charge in [-0.3, -0.25) is 9.78 Å². The Kier molecular flexibility index (Phi) is 4.63. The first kappa shape index (κ1) is 13.2. The summed E-state index contributed by atoms with van der Waals surface area (Å²) in [6.07, 6.45) is 7.59. The van der Waals surface area contributed by atoms with Crippen LogP contribution in [0.1, 0.15) is 16.1 Å². The summed E-state index contributed by atoms with van der Waals surface area (Å²) >= 11 is 0. The van der Waals surface area contributed by atoms with Gasteiger partial charge >= 0.3 is 0 Å². The van der Waals surface area contributed by atoms with Crippen molar-refractivity contribution in [3.8, 4) is 0 Å². The van der Waals surface area contributed by atoms with Crippen molar-refractivity contribution < 1.29 is 4.79 Å². The normalized spacial score (nSPS) is 10.4. The second-order valence-corrected chi connectivity index (χ2v) is 4.15. The summed E-state index contributed by atoms with van der Waals surface area (Å²) in [4.78, 5) is 19.9. The van der Waals surface area contributed by atoms with Crippen LogP contribution in [0.15, 0.2) is 37.1 Å². The molecule has 2 aromatic rings. The van der Waals surface area contributed by atoms with Crippen LogP contribution in [0, 0.1) is 0 Å². The predicted octanol–water partition coefficient (Wildman–Crippen LogP) is 0.209. The molecule has 6 heteroatoms. The van der Waals surface area contributed by atoms with Gasteiger partial charge in [-0.2, -0.15) is 0 Å². The highest BCUT2D eigenvalue weighted by atomic mass is 16.1. The van der Waals surface area contributed by atoms with Gasteiger partial charge in [0, 0.05) is 38.2 Å². The second-order valence-electron chi connectivity index (χ2n) is 4.15. The average Bonchev–Trinajstić information content (AvgIpc) is 2.89. The number of pyridine rings is 1. The molecule has 0 saturated heterocycles. The van der Waals surface area contributed by atoms with E-state index >= 15 is 0 Å². The lowest BCUT2D eigenvalue weighted by Crippen LogP contribution is -2.26. The lowest BCUT2D eigenvalue weighted by Gasteiger charge is -2.03. The monoisotopic (exact) mass is 259 g/mol. The van der Waals surface area contributed by atoms with Gasteiger partial charge in [0.2, 0.25) is 0 Å². The summed E-state index contributed by atoms with van der Waals surface area (Å²) in [7, 11) is 0. The van der Waals surface area contributed by atoms with E-state index in [2.05, 4.69) is 15.3 Å². The lowest BCUT2D eigenvalue weighted by atomic mass is 10.2. The van der Waals surface area contributed by atoms with E-state index in [1.807, 2.05) is 12.1 Å². The Hall–Kier alpha value is -2.21. The molecule has 19 heavy (non-hydrogen) atoms. The molecule has 0 unspecified atom stereocenters. The third-order valence-electron chi connectivity index (χ3n) is 2.68. The van der Waals surface area contributed by atoms with E-state index in [0.29, 0.717) is 25.3 Å². The number of aromatic nitrogens is 3. The number of nitrogens with two attached hydrogens (primary N) is 1. The summed E-state index contributed by atoms with van der Waals surface area (Å²) in [5, 5.41) is 2.83. The van der Waals surface area contributed by atoms with Gasteiger partial charge in [-0.25, -0.2) is 4.98 Å². The molecule has 0 atom stereocenters. The topological polar surface area (TPSA) is 85.8 Å². The van der Waals surface area contributed by atoms with E-state index in [1.54, 1.807) is 29.5 Å². The van der Waals surface area contributed by atoms with Gasteiger partial charge in [-0.1, -0.05) is 6.07 Å². The highest BCUT2D eigenvalue weighted by Crippen LogP contribution is 1.98. The fourth-order valence-electron chi connectivity index (χ4n) is 1.71. The minimum atomic E-state index is -0.167. The van der Waals surface area contributed by atoms with Crippen LogP contribution in [0.25, 0.3) is 0 Å². The van der Waals surface area contributed by atoms with E-state index in [4.69, 9.17) is 5.73 Å². The predicted molar refractivity (Wildman–Crippen MR) is 71.6 cm³/mol. The molecule has 100 valence electrons. The number of imidazole rings is 1. The minimum absolute atomic E-state index is 0.167. The van der Waals surface area contributed by atoms with Crippen molar-refractivity contribution in [1.29, 1.82) is 0 Å². The molecule has 0 aliphatic carbocycles. The van der Waals surface area contributed by atoms with Crippen LogP contribution in [0.4, 0.5) is 0 Å². The molecule has 2 heterocycles. The molecule has 3 N–H and O–H groups in total. The molecule has 0 aromatic carbocycles. The molecule has 2 aromatic heterocycles.